The van der Waals surface area contributed by atoms with E-state index >= 15 is 0 Å². The third kappa shape index (κ3) is 2.51. The fourth-order valence-corrected chi connectivity index (χ4v) is 1.87. The molecule has 1 N–H and O–H groups in total. The van der Waals surface area contributed by atoms with Gasteiger partial charge in [-0.1, -0.05) is 0 Å². The number of ether oxygens (including phenoxy) is 1. The molecule has 0 atom stereocenters. The number of halogens is 1. The molecule has 6 nitrogen and oxygen atoms in total. The lowest BCUT2D eigenvalue weighted by molar-refractivity contribution is -0.138. The molecule has 2 heterocycles. The first-order chi connectivity index (χ1) is 7.18. The predicted molar refractivity (Wildman–Crippen MR) is 56.1 cm³/mol. The largest absolute Gasteiger partial charge is 0.381 e. The molecule has 2 saturated heterocycles. The van der Waals surface area contributed by atoms with E-state index in [9.17, 15) is 14.4 Å². The van der Waals surface area contributed by atoms with Crippen LogP contribution in [0.4, 0.5) is 4.79 Å². The fraction of sp³-hybridized carbons (Fsp3) is 0.667. The van der Waals surface area contributed by atoms with Gasteiger partial charge in [-0.3, -0.25) is 19.8 Å². The number of hydrogen-bond acceptors (Lipinski definition) is 4. The highest BCUT2D eigenvalue weighted by molar-refractivity contribution is 6.14. The zero-order chi connectivity index (χ0) is 10.8. The van der Waals surface area contributed by atoms with Gasteiger partial charge in [0.05, 0.1) is 0 Å². The van der Waals surface area contributed by atoms with Crippen molar-refractivity contribution >= 4 is 30.3 Å². The van der Waals surface area contributed by atoms with Gasteiger partial charge in [0.1, 0.15) is 6.42 Å². The molecular weight excluding hydrogens is 236 g/mol. The Labute approximate surface area is 98.7 Å². The zero-order valence-corrected chi connectivity index (χ0v) is 9.42. The maximum absolute atomic E-state index is 11.5. The molecule has 0 saturated carbocycles. The van der Waals surface area contributed by atoms with Crippen molar-refractivity contribution in [3.05, 3.63) is 0 Å². The van der Waals surface area contributed by atoms with Crippen LogP contribution in [0.3, 0.4) is 0 Å². The highest BCUT2D eigenvalue weighted by atomic mass is 35.5. The molecule has 0 bridgehead atoms. The molecule has 2 fully saturated rings. The van der Waals surface area contributed by atoms with E-state index in [4.69, 9.17) is 4.74 Å². The summed E-state index contributed by atoms with van der Waals surface area (Å²) in [5.41, 5.74) is 0. The van der Waals surface area contributed by atoms with Crippen molar-refractivity contribution in [2.24, 2.45) is 0 Å². The second kappa shape index (κ2) is 5.27. The second-order valence-electron chi connectivity index (χ2n) is 3.64. The Kier molecular flexibility index (Phi) is 4.26. The summed E-state index contributed by atoms with van der Waals surface area (Å²) < 4.78 is 5.15. The van der Waals surface area contributed by atoms with Gasteiger partial charge in [-0.2, -0.15) is 0 Å². The number of urea groups is 1. The van der Waals surface area contributed by atoms with Gasteiger partial charge in [-0.25, -0.2) is 4.79 Å². The Bertz CT molecular complexity index is 295. The molecule has 2 rings (SSSR count). The van der Waals surface area contributed by atoms with E-state index in [-0.39, 0.29) is 24.9 Å². The Balaban J connectivity index is 0.00000128. The molecule has 7 heteroatoms. The van der Waals surface area contributed by atoms with E-state index in [1.165, 1.54) is 0 Å². The van der Waals surface area contributed by atoms with Gasteiger partial charge in [-0.15, -0.1) is 12.4 Å². The van der Waals surface area contributed by atoms with E-state index in [0.29, 0.717) is 26.1 Å². The number of rotatable bonds is 1. The molecule has 2 aliphatic heterocycles. The summed E-state index contributed by atoms with van der Waals surface area (Å²) >= 11 is 0. The number of imide groups is 2. The normalized spacial score (nSPS) is 22.8. The third-order valence-electron chi connectivity index (χ3n) is 2.60. The number of nitrogens with zero attached hydrogens (tertiary/aromatic N) is 1. The van der Waals surface area contributed by atoms with Gasteiger partial charge in [0, 0.05) is 19.3 Å². The summed E-state index contributed by atoms with van der Waals surface area (Å²) in [4.78, 5) is 35.0. The van der Waals surface area contributed by atoms with Crippen LogP contribution in [-0.4, -0.2) is 42.0 Å². The summed E-state index contributed by atoms with van der Waals surface area (Å²) in [6.45, 7) is 1.10. The molecule has 4 amide bonds. The van der Waals surface area contributed by atoms with Crippen LogP contribution in [0.25, 0.3) is 0 Å². The number of carbonyl (C=O) groups is 3. The lowest BCUT2D eigenvalue weighted by Gasteiger charge is -2.34. The topological polar surface area (TPSA) is 75.7 Å². The first kappa shape index (κ1) is 12.9. The molecule has 0 aromatic carbocycles. The van der Waals surface area contributed by atoms with Crippen molar-refractivity contribution in [3.63, 3.8) is 0 Å². The maximum atomic E-state index is 11.5. The smallest absolute Gasteiger partial charge is 0.331 e. The molecule has 0 aromatic rings. The minimum Gasteiger partial charge on any atom is -0.381 e. The quantitative estimate of drug-likeness (QED) is 0.666. The van der Waals surface area contributed by atoms with Crippen molar-refractivity contribution in [2.75, 3.05) is 13.2 Å². The average Bonchev–Trinajstić information content (AvgIpc) is 2.17. The Morgan fingerprint density at radius 3 is 2.38 bits per heavy atom. The van der Waals surface area contributed by atoms with Crippen LogP contribution in [0.5, 0.6) is 0 Å². The van der Waals surface area contributed by atoms with E-state index in [1.54, 1.807) is 0 Å². The van der Waals surface area contributed by atoms with Crippen molar-refractivity contribution in [1.29, 1.82) is 0 Å². The monoisotopic (exact) mass is 248 g/mol. The first-order valence-electron chi connectivity index (χ1n) is 4.92. The highest BCUT2D eigenvalue weighted by Crippen LogP contribution is 2.17. The minimum atomic E-state index is -0.594. The van der Waals surface area contributed by atoms with Crippen molar-refractivity contribution in [3.8, 4) is 0 Å². The molecule has 0 unspecified atom stereocenters. The zero-order valence-electron chi connectivity index (χ0n) is 8.60. The van der Waals surface area contributed by atoms with Crippen LogP contribution < -0.4 is 5.32 Å². The number of amides is 4. The summed E-state index contributed by atoms with van der Waals surface area (Å²) in [7, 11) is 0. The van der Waals surface area contributed by atoms with Crippen LogP contribution in [-0.2, 0) is 14.3 Å². The fourth-order valence-electron chi connectivity index (χ4n) is 1.87. The van der Waals surface area contributed by atoms with E-state index in [2.05, 4.69) is 5.32 Å². The van der Waals surface area contributed by atoms with Crippen molar-refractivity contribution in [1.82, 2.24) is 10.2 Å². The Hall–Kier alpha value is -1.14. The molecule has 0 aromatic heterocycles. The molecule has 16 heavy (non-hydrogen) atoms. The summed E-state index contributed by atoms with van der Waals surface area (Å²) in [6, 6.07) is -0.720. The molecule has 0 aliphatic carbocycles. The number of barbiturate groups is 1. The number of carbonyl (C=O) groups excluding carboxylic acids is 3. The first-order valence-corrected chi connectivity index (χ1v) is 4.92. The van der Waals surface area contributed by atoms with Crippen LogP contribution >= 0.6 is 12.4 Å². The van der Waals surface area contributed by atoms with Gasteiger partial charge in [0.2, 0.25) is 11.8 Å². The van der Waals surface area contributed by atoms with E-state index in [0.717, 1.165) is 4.90 Å². The van der Waals surface area contributed by atoms with Gasteiger partial charge < -0.3 is 4.74 Å². The van der Waals surface area contributed by atoms with Crippen LogP contribution in [0, 0.1) is 0 Å². The lowest BCUT2D eigenvalue weighted by Crippen LogP contribution is -2.57. The summed E-state index contributed by atoms with van der Waals surface area (Å²) in [5.74, 6) is -0.927. The van der Waals surface area contributed by atoms with Crippen LogP contribution in [0.15, 0.2) is 0 Å². The van der Waals surface area contributed by atoms with Crippen LogP contribution in [0.2, 0.25) is 0 Å². The molecule has 0 spiro atoms. The Morgan fingerprint density at radius 1 is 1.19 bits per heavy atom. The Morgan fingerprint density at radius 2 is 1.81 bits per heavy atom. The SMILES string of the molecule is Cl.O=C1CC(=O)N(C2CCOCC2)C(=O)N1. The molecule has 0 radical (unpaired) electrons. The second-order valence-corrected chi connectivity index (χ2v) is 3.64. The number of hydrogen-bond donors (Lipinski definition) is 1. The van der Waals surface area contributed by atoms with Gasteiger partial charge in [-0.05, 0) is 12.8 Å². The molecule has 90 valence electrons. The standard InChI is InChI=1S/C9H12N2O4.ClH/c12-7-5-8(13)11(9(14)10-7)6-1-3-15-4-2-6;/h6H,1-5H2,(H,10,12,14);1H. The van der Waals surface area contributed by atoms with E-state index in [1.807, 2.05) is 0 Å². The van der Waals surface area contributed by atoms with Crippen molar-refractivity contribution in [2.45, 2.75) is 25.3 Å². The highest BCUT2D eigenvalue weighted by Gasteiger charge is 2.36. The maximum Gasteiger partial charge on any atom is 0.331 e. The van der Waals surface area contributed by atoms with Gasteiger partial charge >= 0.3 is 6.03 Å². The summed E-state index contributed by atoms with van der Waals surface area (Å²) in [6.07, 6.45) is 1.06. The molecule has 2 aliphatic rings. The minimum absolute atomic E-state index is 0. The third-order valence-corrected chi connectivity index (χ3v) is 2.60. The number of nitrogens with one attached hydrogen (secondary N) is 1. The van der Waals surface area contributed by atoms with Gasteiger partial charge in [0.25, 0.3) is 0 Å². The predicted octanol–water partition coefficient (Wildman–Crippen LogP) is 0.0557. The lowest BCUT2D eigenvalue weighted by atomic mass is 10.1. The van der Waals surface area contributed by atoms with E-state index < -0.39 is 17.8 Å². The van der Waals surface area contributed by atoms with Crippen molar-refractivity contribution < 1.29 is 19.1 Å². The van der Waals surface area contributed by atoms with Gasteiger partial charge in [0.15, 0.2) is 0 Å². The molecular formula is C9H13ClN2O4. The summed E-state index contributed by atoms with van der Waals surface area (Å²) in [5, 5.41) is 2.14. The average molecular weight is 249 g/mol. The van der Waals surface area contributed by atoms with Crippen LogP contribution in [0.1, 0.15) is 19.3 Å².